The van der Waals surface area contributed by atoms with Gasteiger partial charge in [-0.15, -0.1) is 0 Å². The van der Waals surface area contributed by atoms with Gasteiger partial charge in [0.1, 0.15) is 5.54 Å². The molecule has 1 aromatic rings. The Balaban J connectivity index is 1.91. The minimum atomic E-state index is -0.614. The van der Waals surface area contributed by atoms with Crippen molar-refractivity contribution in [2.45, 2.75) is 51.1 Å². The molecule has 2 aliphatic rings. The van der Waals surface area contributed by atoms with Gasteiger partial charge in [-0.25, -0.2) is 0 Å². The summed E-state index contributed by atoms with van der Waals surface area (Å²) in [5.74, 6) is 0.0764. The maximum absolute atomic E-state index is 12.5. The molecule has 2 fully saturated rings. The summed E-state index contributed by atoms with van der Waals surface area (Å²) >= 11 is 0. The Bertz CT molecular complexity index is 562. The molecule has 4 heteroatoms. The monoisotopic (exact) mass is 286 g/mol. The van der Waals surface area contributed by atoms with Crippen molar-refractivity contribution in [2.24, 2.45) is 0 Å². The Morgan fingerprint density at radius 2 is 1.95 bits per heavy atom. The molecule has 3 rings (SSSR count). The Labute approximate surface area is 125 Å². The van der Waals surface area contributed by atoms with Crippen LogP contribution in [-0.2, 0) is 16.1 Å². The first kappa shape index (κ1) is 14.1. The van der Waals surface area contributed by atoms with E-state index in [1.165, 1.54) is 5.56 Å². The van der Waals surface area contributed by atoms with Gasteiger partial charge >= 0.3 is 0 Å². The highest BCUT2D eigenvalue weighted by atomic mass is 16.2. The van der Waals surface area contributed by atoms with Crippen molar-refractivity contribution in [1.29, 1.82) is 0 Å². The van der Waals surface area contributed by atoms with E-state index in [1.807, 2.05) is 30.0 Å². The second-order valence-electron chi connectivity index (χ2n) is 6.24. The summed E-state index contributed by atoms with van der Waals surface area (Å²) in [6.07, 6.45) is 4.77. The molecule has 1 aliphatic heterocycles. The fourth-order valence-corrected chi connectivity index (χ4v) is 3.64. The topological polar surface area (TPSA) is 49.4 Å². The lowest BCUT2D eigenvalue weighted by molar-refractivity contribution is -0.157. The van der Waals surface area contributed by atoms with Crippen LogP contribution >= 0.6 is 0 Å². The molecule has 21 heavy (non-hydrogen) atoms. The maximum atomic E-state index is 12.5. The van der Waals surface area contributed by atoms with Crippen molar-refractivity contribution in [3.8, 4) is 0 Å². The molecule has 1 aromatic carbocycles. The summed E-state index contributed by atoms with van der Waals surface area (Å²) < 4.78 is 0. The lowest BCUT2D eigenvalue weighted by atomic mass is 9.78. The molecule has 1 saturated heterocycles. The van der Waals surface area contributed by atoms with Crippen LogP contribution in [0.1, 0.15) is 43.2 Å². The first-order chi connectivity index (χ1) is 10.1. The number of carbonyl (C=O) groups excluding carboxylic acids is 2. The number of hydrogen-bond acceptors (Lipinski definition) is 2. The van der Waals surface area contributed by atoms with Crippen molar-refractivity contribution >= 4 is 11.8 Å². The summed E-state index contributed by atoms with van der Waals surface area (Å²) in [4.78, 5) is 26.7. The number of rotatable bonds is 2. The molecule has 1 spiro atoms. The van der Waals surface area contributed by atoms with Crippen LogP contribution in [-0.4, -0.2) is 28.8 Å². The minimum absolute atomic E-state index is 0.0365. The fourth-order valence-electron chi connectivity index (χ4n) is 3.64. The van der Waals surface area contributed by atoms with E-state index in [0.29, 0.717) is 6.54 Å². The molecule has 112 valence electrons. The van der Waals surface area contributed by atoms with E-state index in [4.69, 9.17) is 0 Å². The Hall–Kier alpha value is -1.84. The SMILES string of the molecule is Cc1cccc(CN2C(=O)CNC(=O)C23CCCCC3)c1. The van der Waals surface area contributed by atoms with E-state index in [9.17, 15) is 9.59 Å². The van der Waals surface area contributed by atoms with Crippen molar-refractivity contribution in [1.82, 2.24) is 10.2 Å². The fraction of sp³-hybridized carbons (Fsp3) is 0.529. The van der Waals surface area contributed by atoms with Gasteiger partial charge < -0.3 is 10.2 Å². The van der Waals surface area contributed by atoms with Crippen LogP contribution in [0.5, 0.6) is 0 Å². The van der Waals surface area contributed by atoms with E-state index in [1.54, 1.807) is 0 Å². The minimum Gasteiger partial charge on any atom is -0.345 e. The van der Waals surface area contributed by atoms with Crippen LogP contribution < -0.4 is 5.32 Å². The molecule has 1 N–H and O–H groups in total. The molecule has 0 bridgehead atoms. The van der Waals surface area contributed by atoms with Gasteiger partial charge in [0, 0.05) is 6.54 Å². The molecule has 0 unspecified atom stereocenters. The van der Waals surface area contributed by atoms with Crippen LogP contribution in [0.25, 0.3) is 0 Å². The molecule has 2 amide bonds. The van der Waals surface area contributed by atoms with E-state index in [2.05, 4.69) is 11.4 Å². The average molecular weight is 286 g/mol. The smallest absolute Gasteiger partial charge is 0.246 e. The van der Waals surface area contributed by atoms with Gasteiger partial charge in [0.15, 0.2) is 0 Å². The first-order valence-electron chi connectivity index (χ1n) is 7.76. The number of hydrogen-bond donors (Lipinski definition) is 1. The second kappa shape index (κ2) is 5.51. The van der Waals surface area contributed by atoms with Crippen LogP contribution in [0.15, 0.2) is 24.3 Å². The van der Waals surface area contributed by atoms with E-state index in [0.717, 1.165) is 37.7 Å². The van der Waals surface area contributed by atoms with Crippen molar-refractivity contribution < 1.29 is 9.59 Å². The third-order valence-electron chi connectivity index (χ3n) is 4.74. The highest BCUT2D eigenvalue weighted by Gasteiger charge is 2.49. The third-order valence-corrected chi connectivity index (χ3v) is 4.74. The Morgan fingerprint density at radius 1 is 1.19 bits per heavy atom. The molecule has 4 nitrogen and oxygen atoms in total. The van der Waals surface area contributed by atoms with Crippen LogP contribution in [0.2, 0.25) is 0 Å². The number of piperazine rings is 1. The van der Waals surface area contributed by atoms with E-state index >= 15 is 0 Å². The quantitative estimate of drug-likeness (QED) is 0.905. The third kappa shape index (κ3) is 2.55. The predicted octanol–water partition coefficient (Wildman–Crippen LogP) is 2.16. The number of amides is 2. The normalized spacial score (nSPS) is 21.5. The zero-order valence-electron chi connectivity index (χ0n) is 12.5. The van der Waals surface area contributed by atoms with Crippen molar-refractivity contribution in [3.05, 3.63) is 35.4 Å². The zero-order chi connectivity index (χ0) is 14.9. The largest absolute Gasteiger partial charge is 0.345 e. The molecular weight excluding hydrogens is 264 g/mol. The van der Waals surface area contributed by atoms with Gasteiger partial charge in [-0.1, -0.05) is 49.1 Å². The summed E-state index contributed by atoms with van der Waals surface area (Å²) in [5.41, 5.74) is 1.67. The number of nitrogens with zero attached hydrogens (tertiary/aromatic N) is 1. The highest BCUT2D eigenvalue weighted by molar-refractivity contribution is 5.98. The zero-order valence-corrected chi connectivity index (χ0v) is 12.5. The van der Waals surface area contributed by atoms with Crippen LogP contribution in [0.4, 0.5) is 0 Å². The average Bonchev–Trinajstić information content (AvgIpc) is 2.49. The van der Waals surface area contributed by atoms with Crippen LogP contribution in [0, 0.1) is 6.92 Å². The second-order valence-corrected chi connectivity index (χ2v) is 6.24. The molecular formula is C17H22N2O2. The van der Waals surface area contributed by atoms with Gasteiger partial charge in [-0.05, 0) is 25.3 Å². The van der Waals surface area contributed by atoms with Gasteiger partial charge in [0.2, 0.25) is 11.8 Å². The summed E-state index contributed by atoms with van der Waals surface area (Å²) in [6, 6.07) is 8.18. The standard InChI is InChI=1S/C17H22N2O2/c1-13-6-5-7-14(10-13)12-19-15(20)11-18-16(21)17(19)8-3-2-4-9-17/h5-7,10H,2-4,8-9,11-12H2,1H3,(H,18,21). The van der Waals surface area contributed by atoms with E-state index in [-0.39, 0.29) is 18.4 Å². The van der Waals surface area contributed by atoms with Crippen LogP contribution in [0.3, 0.4) is 0 Å². The number of benzene rings is 1. The van der Waals surface area contributed by atoms with Crippen molar-refractivity contribution in [3.63, 3.8) is 0 Å². The lowest BCUT2D eigenvalue weighted by Crippen LogP contribution is -2.67. The number of aryl methyl sites for hydroxylation is 1. The van der Waals surface area contributed by atoms with Gasteiger partial charge in [-0.2, -0.15) is 0 Å². The Kier molecular flexibility index (Phi) is 3.70. The van der Waals surface area contributed by atoms with Gasteiger partial charge in [0.25, 0.3) is 0 Å². The summed E-state index contributed by atoms with van der Waals surface area (Å²) in [5, 5.41) is 2.79. The van der Waals surface area contributed by atoms with E-state index < -0.39 is 5.54 Å². The maximum Gasteiger partial charge on any atom is 0.246 e. The highest BCUT2D eigenvalue weighted by Crippen LogP contribution is 2.36. The molecule has 0 aromatic heterocycles. The number of nitrogens with one attached hydrogen (secondary N) is 1. The Morgan fingerprint density at radius 3 is 2.67 bits per heavy atom. The van der Waals surface area contributed by atoms with Crippen molar-refractivity contribution in [2.75, 3.05) is 6.54 Å². The molecule has 0 atom stereocenters. The predicted molar refractivity (Wildman–Crippen MR) is 80.6 cm³/mol. The summed E-state index contributed by atoms with van der Waals surface area (Å²) in [7, 11) is 0. The lowest BCUT2D eigenvalue weighted by Gasteiger charge is -2.48. The molecule has 1 saturated carbocycles. The molecule has 1 heterocycles. The van der Waals surface area contributed by atoms with Gasteiger partial charge in [0.05, 0.1) is 6.54 Å². The van der Waals surface area contributed by atoms with Gasteiger partial charge in [-0.3, -0.25) is 9.59 Å². The summed E-state index contributed by atoms with van der Waals surface area (Å²) in [6.45, 7) is 2.71. The first-order valence-corrected chi connectivity index (χ1v) is 7.76. The molecule has 1 aliphatic carbocycles. The number of carbonyl (C=O) groups is 2. The molecule has 0 radical (unpaired) electrons.